The van der Waals surface area contributed by atoms with Gasteiger partial charge in [0.25, 0.3) is 0 Å². The second-order valence-corrected chi connectivity index (χ2v) is 5.39. The first-order chi connectivity index (χ1) is 8.25. The largest absolute Gasteiger partial charge is 0.481 e. The fourth-order valence-electron chi connectivity index (χ4n) is 3.25. The molecule has 17 heavy (non-hydrogen) atoms. The third-order valence-corrected chi connectivity index (χ3v) is 4.34. The molecule has 0 amide bonds. The maximum Gasteiger partial charge on any atom is 0.311 e. The lowest BCUT2D eigenvalue weighted by Gasteiger charge is -2.29. The summed E-state index contributed by atoms with van der Waals surface area (Å²) in [5.41, 5.74) is 3.74. The average molecular weight is 230 g/mol. The van der Waals surface area contributed by atoms with Crippen LogP contribution in [0.3, 0.4) is 0 Å². The van der Waals surface area contributed by atoms with E-state index in [1.165, 1.54) is 43.2 Å². The molecule has 0 radical (unpaired) electrons. The molecule has 2 aliphatic carbocycles. The summed E-state index contributed by atoms with van der Waals surface area (Å²) in [5.74, 6) is -0.203. The van der Waals surface area contributed by atoms with Gasteiger partial charge < -0.3 is 5.11 Å². The summed E-state index contributed by atoms with van der Waals surface area (Å²) >= 11 is 0. The van der Waals surface area contributed by atoms with Crippen LogP contribution >= 0.6 is 0 Å². The average Bonchev–Trinajstić information content (AvgIpc) is 2.31. The van der Waals surface area contributed by atoms with Gasteiger partial charge in [-0.2, -0.15) is 0 Å². The van der Waals surface area contributed by atoms with Crippen LogP contribution in [0, 0.1) is 0 Å². The van der Waals surface area contributed by atoms with E-state index in [1.807, 2.05) is 6.07 Å². The Morgan fingerprint density at radius 1 is 1.18 bits per heavy atom. The predicted octanol–water partition coefficient (Wildman–Crippen LogP) is 3.46. The van der Waals surface area contributed by atoms with Gasteiger partial charge in [-0.05, 0) is 41.9 Å². The number of rotatable bonds is 2. The second kappa shape index (κ2) is 4.17. The summed E-state index contributed by atoms with van der Waals surface area (Å²) in [5, 5.41) is 9.00. The quantitative estimate of drug-likeness (QED) is 0.844. The minimum absolute atomic E-state index is 0.245. The molecule has 1 saturated carbocycles. The molecule has 2 nitrogen and oxygen atoms in total. The molecule has 0 aromatic heterocycles. The normalized spacial score (nSPS) is 23.9. The highest BCUT2D eigenvalue weighted by Crippen LogP contribution is 2.39. The molecule has 1 fully saturated rings. The third-order valence-electron chi connectivity index (χ3n) is 4.34. The van der Waals surface area contributed by atoms with E-state index in [0.29, 0.717) is 0 Å². The molecule has 1 unspecified atom stereocenters. The van der Waals surface area contributed by atoms with Gasteiger partial charge in [-0.15, -0.1) is 0 Å². The summed E-state index contributed by atoms with van der Waals surface area (Å²) in [7, 11) is 0. The van der Waals surface area contributed by atoms with Crippen LogP contribution in [0.1, 0.15) is 60.6 Å². The molecule has 2 heteroatoms. The van der Waals surface area contributed by atoms with Gasteiger partial charge in [0.15, 0.2) is 0 Å². The van der Waals surface area contributed by atoms with E-state index in [0.717, 1.165) is 17.9 Å². The van der Waals surface area contributed by atoms with Crippen molar-refractivity contribution in [3.05, 3.63) is 34.9 Å². The van der Waals surface area contributed by atoms with Gasteiger partial charge >= 0.3 is 5.97 Å². The first-order valence-corrected chi connectivity index (χ1v) is 6.61. The first-order valence-electron chi connectivity index (χ1n) is 6.61. The van der Waals surface area contributed by atoms with Crippen molar-refractivity contribution >= 4 is 5.97 Å². The molecule has 3 rings (SSSR count). The van der Waals surface area contributed by atoms with Crippen molar-refractivity contribution in [2.24, 2.45) is 0 Å². The van der Waals surface area contributed by atoms with E-state index < -0.39 is 5.97 Å². The number of hydrogen-bond donors (Lipinski definition) is 1. The van der Waals surface area contributed by atoms with Crippen LogP contribution in [-0.2, 0) is 11.2 Å². The van der Waals surface area contributed by atoms with E-state index in [1.54, 1.807) is 0 Å². The zero-order valence-corrected chi connectivity index (χ0v) is 9.98. The van der Waals surface area contributed by atoms with Crippen LogP contribution < -0.4 is 0 Å². The summed E-state index contributed by atoms with van der Waals surface area (Å²) in [6.45, 7) is 0. The fourth-order valence-corrected chi connectivity index (χ4v) is 3.25. The number of benzene rings is 1. The molecule has 0 aliphatic heterocycles. The van der Waals surface area contributed by atoms with Crippen LogP contribution in [0.5, 0.6) is 0 Å². The number of aliphatic carboxylic acids is 1. The van der Waals surface area contributed by atoms with E-state index in [-0.39, 0.29) is 5.92 Å². The minimum atomic E-state index is -0.678. The van der Waals surface area contributed by atoms with Gasteiger partial charge in [-0.3, -0.25) is 4.79 Å². The van der Waals surface area contributed by atoms with Gasteiger partial charge in [0, 0.05) is 0 Å². The standard InChI is InChI=1S/C15H18O2/c16-15(17)14-9-12-8-11(6-7-13(12)14)10-4-2-1-3-5-10/h6-8,10,14H,1-5,9H2,(H,16,17). The van der Waals surface area contributed by atoms with E-state index in [4.69, 9.17) is 5.11 Å². The topological polar surface area (TPSA) is 37.3 Å². The van der Waals surface area contributed by atoms with Crippen LogP contribution in [0.4, 0.5) is 0 Å². The van der Waals surface area contributed by atoms with Gasteiger partial charge in [-0.25, -0.2) is 0 Å². The summed E-state index contributed by atoms with van der Waals surface area (Å²) in [6.07, 6.45) is 7.41. The SMILES string of the molecule is O=C(O)C1Cc2cc(C3CCCCC3)ccc21. The molecule has 0 bridgehead atoms. The van der Waals surface area contributed by atoms with E-state index in [2.05, 4.69) is 12.1 Å². The van der Waals surface area contributed by atoms with Gasteiger partial charge in [0.2, 0.25) is 0 Å². The van der Waals surface area contributed by atoms with Crippen molar-refractivity contribution in [2.45, 2.75) is 50.4 Å². The maximum atomic E-state index is 10.9. The van der Waals surface area contributed by atoms with Crippen molar-refractivity contribution in [1.29, 1.82) is 0 Å². The Balaban J connectivity index is 1.81. The highest BCUT2D eigenvalue weighted by atomic mass is 16.4. The molecule has 0 spiro atoms. The van der Waals surface area contributed by atoms with Crippen molar-refractivity contribution < 1.29 is 9.90 Å². The summed E-state index contributed by atoms with van der Waals surface area (Å²) in [4.78, 5) is 10.9. The highest BCUT2D eigenvalue weighted by Gasteiger charge is 2.32. The van der Waals surface area contributed by atoms with Crippen molar-refractivity contribution in [3.8, 4) is 0 Å². The molecule has 1 atom stereocenters. The lowest BCUT2D eigenvalue weighted by molar-refractivity contribution is -0.139. The second-order valence-electron chi connectivity index (χ2n) is 5.39. The Hall–Kier alpha value is -1.31. The molecule has 0 saturated heterocycles. The molecular formula is C15H18O2. The maximum absolute atomic E-state index is 10.9. The Labute approximate surface area is 102 Å². The van der Waals surface area contributed by atoms with E-state index >= 15 is 0 Å². The van der Waals surface area contributed by atoms with E-state index in [9.17, 15) is 4.79 Å². The zero-order valence-electron chi connectivity index (χ0n) is 9.98. The summed E-state index contributed by atoms with van der Waals surface area (Å²) < 4.78 is 0. The number of hydrogen-bond acceptors (Lipinski definition) is 1. The lowest BCUT2D eigenvalue weighted by Crippen LogP contribution is -2.25. The van der Waals surface area contributed by atoms with Crippen LogP contribution in [0.2, 0.25) is 0 Å². The number of carbonyl (C=O) groups is 1. The van der Waals surface area contributed by atoms with Crippen LogP contribution in [0.25, 0.3) is 0 Å². The lowest BCUT2D eigenvalue weighted by atomic mass is 9.74. The third kappa shape index (κ3) is 1.86. The van der Waals surface area contributed by atoms with Crippen molar-refractivity contribution in [2.75, 3.05) is 0 Å². The molecule has 1 aromatic carbocycles. The first kappa shape index (κ1) is 10.8. The van der Waals surface area contributed by atoms with Crippen LogP contribution in [-0.4, -0.2) is 11.1 Å². The molecule has 0 heterocycles. The molecular weight excluding hydrogens is 212 g/mol. The summed E-state index contributed by atoms with van der Waals surface area (Å²) in [6, 6.07) is 6.45. The highest BCUT2D eigenvalue weighted by molar-refractivity contribution is 5.80. The number of carboxylic acid groups (broad SMARTS) is 1. The molecule has 1 N–H and O–H groups in total. The molecule has 2 aliphatic rings. The van der Waals surface area contributed by atoms with Crippen molar-refractivity contribution in [3.63, 3.8) is 0 Å². The molecule has 1 aromatic rings. The van der Waals surface area contributed by atoms with Gasteiger partial charge in [-0.1, -0.05) is 37.5 Å². The van der Waals surface area contributed by atoms with Crippen LogP contribution in [0.15, 0.2) is 18.2 Å². The Bertz CT molecular complexity index is 444. The monoisotopic (exact) mass is 230 g/mol. The van der Waals surface area contributed by atoms with Crippen molar-refractivity contribution in [1.82, 2.24) is 0 Å². The number of fused-ring (bicyclic) bond motifs is 1. The van der Waals surface area contributed by atoms with Gasteiger partial charge in [0.1, 0.15) is 0 Å². The smallest absolute Gasteiger partial charge is 0.311 e. The minimum Gasteiger partial charge on any atom is -0.481 e. The molecule has 90 valence electrons. The number of carboxylic acids is 1. The Morgan fingerprint density at radius 2 is 1.94 bits per heavy atom. The predicted molar refractivity (Wildman–Crippen MR) is 66.3 cm³/mol. The Kier molecular flexibility index (Phi) is 2.65. The fraction of sp³-hybridized carbons (Fsp3) is 0.533. The zero-order chi connectivity index (χ0) is 11.8. The Morgan fingerprint density at radius 3 is 2.59 bits per heavy atom. The van der Waals surface area contributed by atoms with Gasteiger partial charge in [0.05, 0.1) is 5.92 Å².